The summed E-state index contributed by atoms with van der Waals surface area (Å²) in [7, 11) is 0. The molecule has 188 valence electrons. The Kier molecular flexibility index (Phi) is 7.07. The number of hydrogen-bond donors (Lipinski definition) is 0. The monoisotopic (exact) mass is 487 g/mol. The molecule has 7 nitrogen and oxygen atoms in total. The maximum Gasteiger partial charge on any atom is 0.435 e. The second-order valence-corrected chi connectivity index (χ2v) is 10.2. The van der Waals surface area contributed by atoms with Crippen LogP contribution >= 0.6 is 0 Å². The van der Waals surface area contributed by atoms with E-state index in [1.54, 1.807) is 6.20 Å². The predicted octanol–water partition coefficient (Wildman–Crippen LogP) is 5.26. The van der Waals surface area contributed by atoms with Gasteiger partial charge in [0.1, 0.15) is 12.4 Å². The van der Waals surface area contributed by atoms with E-state index in [0.29, 0.717) is 24.5 Å². The minimum Gasteiger partial charge on any atom is -0.493 e. The fourth-order valence-corrected chi connectivity index (χ4v) is 4.69. The van der Waals surface area contributed by atoms with Gasteiger partial charge in [0.15, 0.2) is 0 Å². The molecule has 1 amide bonds. The second-order valence-electron chi connectivity index (χ2n) is 10.2. The number of carbonyl (C=O) groups is 2. The lowest BCUT2D eigenvalue weighted by Gasteiger charge is -2.34. The Balaban J connectivity index is 1.24. The molecule has 5 rings (SSSR count). The normalized spacial score (nSPS) is 16.9. The topological polar surface area (TPSA) is 73.7 Å². The van der Waals surface area contributed by atoms with Gasteiger partial charge in [-0.05, 0) is 73.4 Å². The highest BCUT2D eigenvalue weighted by Gasteiger charge is 2.39. The SMILES string of the molecule is CC(C)COc1ccc(C(=O)N(C2CC2)C2CCc3nn(C(=O)OCc4ccccc4)cc3C2)cc1. The summed E-state index contributed by atoms with van der Waals surface area (Å²) in [6, 6.07) is 17.5. The molecule has 1 aromatic heterocycles. The van der Waals surface area contributed by atoms with Crippen molar-refractivity contribution >= 4 is 12.0 Å². The summed E-state index contributed by atoms with van der Waals surface area (Å²) in [5.74, 6) is 1.30. The summed E-state index contributed by atoms with van der Waals surface area (Å²) in [6.07, 6.45) is 5.62. The highest BCUT2D eigenvalue weighted by Crippen LogP contribution is 2.35. The van der Waals surface area contributed by atoms with E-state index in [4.69, 9.17) is 9.47 Å². The Morgan fingerprint density at radius 3 is 2.47 bits per heavy atom. The first-order valence-electron chi connectivity index (χ1n) is 12.8. The molecule has 0 radical (unpaired) electrons. The zero-order valence-electron chi connectivity index (χ0n) is 20.9. The maximum atomic E-state index is 13.5. The molecule has 3 aromatic rings. The fourth-order valence-electron chi connectivity index (χ4n) is 4.69. The molecular weight excluding hydrogens is 454 g/mol. The number of ether oxygens (including phenoxy) is 2. The molecule has 1 unspecified atom stereocenters. The van der Waals surface area contributed by atoms with Crippen molar-refractivity contribution in [2.24, 2.45) is 5.92 Å². The minimum absolute atomic E-state index is 0.0658. The molecule has 0 aliphatic heterocycles. The van der Waals surface area contributed by atoms with Crippen LogP contribution in [-0.2, 0) is 24.2 Å². The van der Waals surface area contributed by atoms with Crippen LogP contribution in [-0.4, -0.2) is 45.4 Å². The molecule has 1 saturated carbocycles. The maximum absolute atomic E-state index is 13.5. The summed E-state index contributed by atoms with van der Waals surface area (Å²) in [6.45, 7) is 5.08. The van der Waals surface area contributed by atoms with Crippen LogP contribution < -0.4 is 4.74 Å². The van der Waals surface area contributed by atoms with Gasteiger partial charge < -0.3 is 14.4 Å². The van der Waals surface area contributed by atoms with Crippen LogP contribution in [0, 0.1) is 5.92 Å². The van der Waals surface area contributed by atoms with Crippen LogP contribution in [0.2, 0.25) is 0 Å². The molecule has 0 saturated heterocycles. The van der Waals surface area contributed by atoms with Gasteiger partial charge in [-0.25, -0.2) is 4.79 Å². The zero-order chi connectivity index (χ0) is 25.1. The number of fused-ring (bicyclic) bond motifs is 1. The average molecular weight is 488 g/mol. The van der Waals surface area contributed by atoms with Gasteiger partial charge in [0.2, 0.25) is 0 Å². The number of amides is 1. The summed E-state index contributed by atoms with van der Waals surface area (Å²) in [4.78, 5) is 28.2. The van der Waals surface area contributed by atoms with Gasteiger partial charge in [-0.3, -0.25) is 4.79 Å². The lowest BCUT2D eigenvalue weighted by atomic mass is 9.91. The van der Waals surface area contributed by atoms with E-state index >= 15 is 0 Å². The van der Waals surface area contributed by atoms with E-state index in [1.165, 1.54) is 4.68 Å². The molecule has 2 aromatic carbocycles. The smallest absolute Gasteiger partial charge is 0.435 e. The average Bonchev–Trinajstić information content (AvgIpc) is 3.63. The van der Waals surface area contributed by atoms with E-state index < -0.39 is 6.09 Å². The lowest BCUT2D eigenvalue weighted by Crippen LogP contribution is -2.44. The Bertz CT molecular complexity index is 1200. The van der Waals surface area contributed by atoms with Crippen molar-refractivity contribution in [2.45, 2.75) is 64.6 Å². The Morgan fingerprint density at radius 2 is 1.78 bits per heavy atom. The molecule has 2 aliphatic carbocycles. The molecule has 1 atom stereocenters. The predicted molar refractivity (Wildman–Crippen MR) is 136 cm³/mol. The number of benzene rings is 2. The van der Waals surface area contributed by atoms with E-state index in [9.17, 15) is 9.59 Å². The van der Waals surface area contributed by atoms with Crippen molar-refractivity contribution in [1.29, 1.82) is 0 Å². The highest BCUT2D eigenvalue weighted by molar-refractivity contribution is 5.95. The van der Waals surface area contributed by atoms with Crippen molar-refractivity contribution in [3.8, 4) is 5.75 Å². The third-order valence-corrected chi connectivity index (χ3v) is 6.69. The number of hydrogen-bond acceptors (Lipinski definition) is 5. The fraction of sp³-hybridized carbons (Fsp3) is 0.414. The van der Waals surface area contributed by atoms with Crippen molar-refractivity contribution in [3.05, 3.63) is 83.2 Å². The zero-order valence-corrected chi connectivity index (χ0v) is 20.9. The molecule has 2 aliphatic rings. The number of nitrogens with zero attached hydrogens (tertiary/aromatic N) is 3. The van der Waals surface area contributed by atoms with Crippen molar-refractivity contribution in [3.63, 3.8) is 0 Å². The highest BCUT2D eigenvalue weighted by atomic mass is 16.6. The first kappa shape index (κ1) is 24.1. The second kappa shape index (κ2) is 10.6. The molecule has 7 heteroatoms. The molecule has 0 spiro atoms. The van der Waals surface area contributed by atoms with Gasteiger partial charge >= 0.3 is 6.09 Å². The summed E-state index contributed by atoms with van der Waals surface area (Å²) < 4.78 is 12.5. The largest absolute Gasteiger partial charge is 0.493 e. The summed E-state index contributed by atoms with van der Waals surface area (Å²) in [5, 5.41) is 4.48. The minimum atomic E-state index is -0.486. The van der Waals surface area contributed by atoms with Crippen LogP contribution in [0.3, 0.4) is 0 Å². The van der Waals surface area contributed by atoms with Gasteiger partial charge in [-0.1, -0.05) is 44.2 Å². The first-order chi connectivity index (χ1) is 17.5. The van der Waals surface area contributed by atoms with Gasteiger partial charge in [0.25, 0.3) is 5.91 Å². The molecule has 1 fully saturated rings. The summed E-state index contributed by atoms with van der Waals surface area (Å²) in [5.41, 5.74) is 3.54. The van der Waals surface area contributed by atoms with Crippen molar-refractivity contribution in [2.75, 3.05) is 6.61 Å². The molecule has 0 bridgehead atoms. The third kappa shape index (κ3) is 5.61. The molecule has 0 N–H and O–H groups in total. The van der Waals surface area contributed by atoms with Gasteiger partial charge in [-0.15, -0.1) is 0 Å². The Morgan fingerprint density at radius 1 is 1.03 bits per heavy atom. The Labute approximate surface area is 212 Å². The standard InChI is InChI=1S/C29H33N3O4/c1-20(2)18-35-26-13-8-22(9-14-26)28(33)32(24-10-11-24)25-12-15-27-23(16-25)17-31(30-27)29(34)36-19-21-6-4-3-5-7-21/h3-9,13-14,17,20,24-25H,10-12,15-16,18-19H2,1-2H3. The molecule has 36 heavy (non-hydrogen) atoms. The van der Waals surface area contributed by atoms with Crippen LogP contribution in [0.5, 0.6) is 5.75 Å². The van der Waals surface area contributed by atoms with E-state index in [-0.39, 0.29) is 24.6 Å². The van der Waals surface area contributed by atoms with Crippen LogP contribution in [0.1, 0.15) is 60.3 Å². The quantitative estimate of drug-likeness (QED) is 0.433. The van der Waals surface area contributed by atoms with Gasteiger partial charge in [0.05, 0.1) is 12.3 Å². The van der Waals surface area contributed by atoms with E-state index in [0.717, 1.165) is 48.3 Å². The van der Waals surface area contributed by atoms with Crippen LogP contribution in [0.15, 0.2) is 60.8 Å². The molecule has 1 heterocycles. The van der Waals surface area contributed by atoms with Crippen LogP contribution in [0.4, 0.5) is 4.79 Å². The van der Waals surface area contributed by atoms with E-state index in [2.05, 4.69) is 23.8 Å². The first-order valence-corrected chi connectivity index (χ1v) is 12.8. The number of rotatable bonds is 8. The number of aryl methyl sites for hydroxylation is 1. The van der Waals surface area contributed by atoms with Crippen molar-refractivity contribution < 1.29 is 19.1 Å². The van der Waals surface area contributed by atoms with Gasteiger partial charge in [-0.2, -0.15) is 9.78 Å². The van der Waals surface area contributed by atoms with Crippen molar-refractivity contribution in [1.82, 2.24) is 14.7 Å². The number of carbonyl (C=O) groups excluding carboxylic acids is 2. The van der Waals surface area contributed by atoms with E-state index in [1.807, 2.05) is 54.6 Å². The van der Waals surface area contributed by atoms with Gasteiger partial charge in [0, 0.05) is 23.8 Å². The molecular formula is C29H33N3O4. The summed E-state index contributed by atoms with van der Waals surface area (Å²) >= 11 is 0. The lowest BCUT2D eigenvalue weighted by molar-refractivity contribution is 0.0642. The Hall–Kier alpha value is -3.61. The number of aromatic nitrogens is 2. The third-order valence-electron chi connectivity index (χ3n) is 6.69. The van der Waals surface area contributed by atoms with Crippen LogP contribution in [0.25, 0.3) is 0 Å².